The van der Waals surface area contributed by atoms with Gasteiger partial charge in [0, 0.05) is 13.2 Å². The Hall–Kier alpha value is -1.10. The number of nitrogens with zero attached hydrogens (tertiary/aromatic N) is 1. The fourth-order valence-electron chi connectivity index (χ4n) is 3.03. The lowest BCUT2D eigenvalue weighted by molar-refractivity contribution is -0.151. The fraction of sp³-hybridized carbons (Fsp3) is 0.846. The Kier molecular flexibility index (Phi) is 3.90. The van der Waals surface area contributed by atoms with Gasteiger partial charge >= 0.3 is 5.97 Å². The van der Waals surface area contributed by atoms with Crippen molar-refractivity contribution in [1.29, 1.82) is 0 Å². The van der Waals surface area contributed by atoms with Crippen molar-refractivity contribution in [3.63, 3.8) is 0 Å². The van der Waals surface area contributed by atoms with Crippen molar-refractivity contribution < 1.29 is 19.4 Å². The molecule has 0 aromatic heterocycles. The zero-order chi connectivity index (χ0) is 13.3. The summed E-state index contributed by atoms with van der Waals surface area (Å²) in [5, 5.41) is 9.13. The predicted octanol–water partition coefficient (Wildman–Crippen LogP) is 1.12. The summed E-state index contributed by atoms with van der Waals surface area (Å²) in [4.78, 5) is 25.1. The van der Waals surface area contributed by atoms with E-state index in [1.54, 1.807) is 0 Å². The van der Waals surface area contributed by atoms with E-state index < -0.39 is 12.0 Å². The van der Waals surface area contributed by atoms with Crippen molar-refractivity contribution in [3.05, 3.63) is 0 Å². The van der Waals surface area contributed by atoms with Crippen LogP contribution in [0.4, 0.5) is 0 Å². The summed E-state index contributed by atoms with van der Waals surface area (Å²) in [6, 6.07) is -0.633. The van der Waals surface area contributed by atoms with Crippen molar-refractivity contribution >= 4 is 11.9 Å². The summed E-state index contributed by atoms with van der Waals surface area (Å²) >= 11 is 0. The van der Waals surface area contributed by atoms with Gasteiger partial charge in [0.25, 0.3) is 0 Å². The van der Waals surface area contributed by atoms with E-state index >= 15 is 0 Å². The molecule has 2 fully saturated rings. The average molecular weight is 255 g/mol. The first-order valence-electron chi connectivity index (χ1n) is 6.67. The van der Waals surface area contributed by atoms with Gasteiger partial charge in [-0.1, -0.05) is 13.8 Å². The molecule has 0 bridgehead atoms. The Morgan fingerprint density at radius 2 is 2.06 bits per heavy atom. The molecule has 2 heterocycles. The number of aliphatic carboxylic acids is 1. The Morgan fingerprint density at radius 3 is 2.67 bits per heavy atom. The molecule has 0 saturated carbocycles. The van der Waals surface area contributed by atoms with Crippen LogP contribution in [0.5, 0.6) is 0 Å². The van der Waals surface area contributed by atoms with E-state index in [2.05, 4.69) is 0 Å². The second-order valence-electron chi connectivity index (χ2n) is 5.50. The van der Waals surface area contributed by atoms with E-state index in [9.17, 15) is 9.59 Å². The molecule has 2 aliphatic rings. The summed E-state index contributed by atoms with van der Waals surface area (Å²) in [5.41, 5.74) is 0. The molecule has 1 amide bonds. The van der Waals surface area contributed by atoms with Gasteiger partial charge in [-0.2, -0.15) is 0 Å². The van der Waals surface area contributed by atoms with Crippen LogP contribution in [0.15, 0.2) is 0 Å². The second kappa shape index (κ2) is 5.26. The van der Waals surface area contributed by atoms with Crippen molar-refractivity contribution in [3.8, 4) is 0 Å². The quantitative estimate of drug-likeness (QED) is 0.820. The van der Waals surface area contributed by atoms with E-state index in [-0.39, 0.29) is 23.8 Å². The Morgan fingerprint density at radius 1 is 1.33 bits per heavy atom. The molecule has 0 aromatic rings. The fourth-order valence-corrected chi connectivity index (χ4v) is 3.03. The lowest BCUT2D eigenvalue weighted by Gasteiger charge is -2.28. The molecule has 18 heavy (non-hydrogen) atoms. The van der Waals surface area contributed by atoms with E-state index in [1.807, 2.05) is 13.8 Å². The van der Waals surface area contributed by atoms with Crippen molar-refractivity contribution in [2.24, 2.45) is 11.8 Å². The highest BCUT2D eigenvalue weighted by Gasteiger charge is 2.42. The highest BCUT2D eigenvalue weighted by Crippen LogP contribution is 2.31. The number of rotatable bonds is 3. The van der Waals surface area contributed by atoms with Crippen LogP contribution in [0.25, 0.3) is 0 Å². The molecule has 0 aliphatic carbocycles. The minimum Gasteiger partial charge on any atom is -0.480 e. The lowest BCUT2D eigenvalue weighted by atomic mass is 9.91. The van der Waals surface area contributed by atoms with Gasteiger partial charge in [0.1, 0.15) is 6.04 Å². The van der Waals surface area contributed by atoms with Crippen molar-refractivity contribution in [2.75, 3.05) is 13.2 Å². The maximum atomic E-state index is 12.5. The lowest BCUT2D eigenvalue weighted by Crippen LogP contribution is -2.46. The van der Waals surface area contributed by atoms with Crippen LogP contribution in [0.2, 0.25) is 0 Å². The van der Waals surface area contributed by atoms with Crippen LogP contribution in [-0.2, 0) is 14.3 Å². The van der Waals surface area contributed by atoms with Crippen LogP contribution >= 0.6 is 0 Å². The van der Waals surface area contributed by atoms with Crippen LogP contribution in [0.3, 0.4) is 0 Å². The molecule has 5 heteroatoms. The molecule has 0 spiro atoms. The number of hydrogen-bond acceptors (Lipinski definition) is 3. The molecule has 0 aromatic carbocycles. The standard InChI is InChI=1S/C13H21NO4/c1-8(2)11-9(5-7-18-11)12(15)14-6-3-4-10(14)13(16)17/h8-11H,3-7H2,1-2H3,(H,16,17)/t9?,10-,11?/m1/s1. The number of ether oxygens (including phenoxy) is 1. The summed E-state index contributed by atoms with van der Waals surface area (Å²) in [6.07, 6.45) is 2.00. The zero-order valence-corrected chi connectivity index (χ0v) is 11.0. The van der Waals surface area contributed by atoms with Gasteiger partial charge < -0.3 is 14.7 Å². The van der Waals surface area contributed by atoms with Gasteiger partial charge in [-0.3, -0.25) is 4.79 Å². The summed E-state index contributed by atoms with van der Waals surface area (Å²) in [6.45, 7) is 5.24. The minimum absolute atomic E-state index is 0.0314. The van der Waals surface area contributed by atoms with Gasteiger partial charge in [0.15, 0.2) is 0 Å². The van der Waals surface area contributed by atoms with Crippen molar-refractivity contribution in [1.82, 2.24) is 4.90 Å². The number of carbonyl (C=O) groups excluding carboxylic acids is 1. The molecule has 2 unspecified atom stereocenters. The molecule has 102 valence electrons. The highest BCUT2D eigenvalue weighted by atomic mass is 16.5. The molecular weight excluding hydrogens is 234 g/mol. The summed E-state index contributed by atoms with van der Waals surface area (Å²) in [7, 11) is 0. The number of likely N-dealkylation sites (tertiary alicyclic amines) is 1. The van der Waals surface area contributed by atoms with Gasteiger partial charge in [-0.15, -0.1) is 0 Å². The van der Waals surface area contributed by atoms with E-state index in [0.717, 1.165) is 6.42 Å². The number of hydrogen-bond donors (Lipinski definition) is 1. The number of amides is 1. The molecule has 0 radical (unpaired) electrons. The topological polar surface area (TPSA) is 66.8 Å². The third kappa shape index (κ3) is 2.36. The smallest absolute Gasteiger partial charge is 0.326 e. The molecular formula is C13H21NO4. The Bertz CT molecular complexity index is 342. The van der Waals surface area contributed by atoms with Crippen LogP contribution in [0.1, 0.15) is 33.1 Å². The van der Waals surface area contributed by atoms with E-state index in [4.69, 9.17) is 9.84 Å². The number of carboxylic acid groups (broad SMARTS) is 1. The molecule has 2 rings (SSSR count). The first kappa shape index (κ1) is 13.3. The average Bonchev–Trinajstić information content (AvgIpc) is 2.97. The highest BCUT2D eigenvalue weighted by molar-refractivity contribution is 5.86. The van der Waals surface area contributed by atoms with E-state index in [1.165, 1.54) is 4.90 Å². The number of carboxylic acids is 1. The summed E-state index contributed by atoms with van der Waals surface area (Å²) in [5.74, 6) is -0.797. The third-order valence-electron chi connectivity index (χ3n) is 3.93. The Labute approximate surface area is 107 Å². The normalized spacial score (nSPS) is 32.2. The molecule has 5 nitrogen and oxygen atoms in total. The summed E-state index contributed by atoms with van der Waals surface area (Å²) < 4.78 is 5.61. The van der Waals surface area contributed by atoms with Gasteiger partial charge in [-0.05, 0) is 25.2 Å². The molecule has 1 N–H and O–H groups in total. The van der Waals surface area contributed by atoms with E-state index in [0.29, 0.717) is 26.0 Å². The molecule has 3 atom stereocenters. The molecule has 2 aliphatic heterocycles. The van der Waals surface area contributed by atoms with Crippen LogP contribution < -0.4 is 0 Å². The largest absolute Gasteiger partial charge is 0.480 e. The van der Waals surface area contributed by atoms with Crippen LogP contribution in [0, 0.1) is 11.8 Å². The van der Waals surface area contributed by atoms with Gasteiger partial charge in [0.2, 0.25) is 5.91 Å². The second-order valence-corrected chi connectivity index (χ2v) is 5.50. The molecule has 2 saturated heterocycles. The monoisotopic (exact) mass is 255 g/mol. The van der Waals surface area contributed by atoms with Gasteiger partial charge in [0.05, 0.1) is 12.0 Å². The Balaban J connectivity index is 2.08. The van der Waals surface area contributed by atoms with Crippen LogP contribution in [-0.4, -0.2) is 47.2 Å². The minimum atomic E-state index is -0.888. The maximum absolute atomic E-state index is 12.5. The zero-order valence-electron chi connectivity index (χ0n) is 11.0. The van der Waals surface area contributed by atoms with Gasteiger partial charge in [-0.25, -0.2) is 4.79 Å². The first-order chi connectivity index (χ1) is 8.52. The predicted molar refractivity (Wildman–Crippen MR) is 65.1 cm³/mol. The SMILES string of the molecule is CC(C)C1OCCC1C(=O)N1CCC[C@@H]1C(=O)O. The first-order valence-corrected chi connectivity index (χ1v) is 6.67. The number of carbonyl (C=O) groups is 2. The third-order valence-corrected chi connectivity index (χ3v) is 3.93. The van der Waals surface area contributed by atoms with Crippen molar-refractivity contribution in [2.45, 2.75) is 45.3 Å². The maximum Gasteiger partial charge on any atom is 0.326 e.